The zero-order chi connectivity index (χ0) is 12.1. The van der Waals surface area contributed by atoms with Crippen molar-refractivity contribution in [2.75, 3.05) is 6.61 Å². The molecule has 0 heterocycles. The van der Waals surface area contributed by atoms with Crippen LogP contribution >= 0.6 is 11.6 Å². The predicted octanol–water partition coefficient (Wildman–Crippen LogP) is 1.85. The maximum atomic E-state index is 11.5. The Morgan fingerprint density at radius 1 is 1.62 bits per heavy atom. The minimum Gasteiger partial charge on any atom is -0.462 e. The van der Waals surface area contributed by atoms with Gasteiger partial charge in [-0.15, -0.1) is 0 Å². The van der Waals surface area contributed by atoms with Crippen molar-refractivity contribution in [2.45, 2.75) is 13.5 Å². The first kappa shape index (κ1) is 12.5. The van der Waals surface area contributed by atoms with E-state index in [2.05, 4.69) is 0 Å². The molecule has 16 heavy (non-hydrogen) atoms. The first-order valence-corrected chi connectivity index (χ1v) is 5.11. The van der Waals surface area contributed by atoms with Crippen LogP contribution in [-0.4, -0.2) is 12.6 Å². The van der Waals surface area contributed by atoms with Crippen LogP contribution < -0.4 is 5.73 Å². The minimum atomic E-state index is -0.481. The predicted molar refractivity (Wildman–Crippen MR) is 60.0 cm³/mol. The molecule has 0 bridgehead atoms. The number of hydrogen-bond donors (Lipinski definition) is 1. The average Bonchev–Trinajstić information content (AvgIpc) is 2.29. The van der Waals surface area contributed by atoms with Gasteiger partial charge in [0.05, 0.1) is 22.8 Å². The summed E-state index contributed by atoms with van der Waals surface area (Å²) in [7, 11) is 0. The molecular formula is C11H11ClN2O2. The van der Waals surface area contributed by atoms with E-state index in [1.165, 1.54) is 6.07 Å². The average molecular weight is 239 g/mol. The number of nitrogens with zero attached hydrogens (tertiary/aromatic N) is 1. The van der Waals surface area contributed by atoms with Crippen LogP contribution in [0, 0.1) is 11.3 Å². The van der Waals surface area contributed by atoms with Crippen LogP contribution in [0.25, 0.3) is 0 Å². The highest BCUT2D eigenvalue weighted by Crippen LogP contribution is 2.23. The molecule has 0 radical (unpaired) electrons. The molecule has 5 heteroatoms. The lowest BCUT2D eigenvalue weighted by Gasteiger charge is -2.07. The Balaban J connectivity index is 3.23. The zero-order valence-corrected chi connectivity index (χ0v) is 9.54. The maximum Gasteiger partial charge on any atom is 0.338 e. The fourth-order valence-corrected chi connectivity index (χ4v) is 1.48. The highest BCUT2D eigenvalue weighted by molar-refractivity contribution is 6.32. The molecule has 0 atom stereocenters. The SMILES string of the molecule is CCOC(=O)c1cc(C#N)c(Cl)c(CN)c1. The summed E-state index contributed by atoms with van der Waals surface area (Å²) in [6, 6.07) is 4.86. The van der Waals surface area contributed by atoms with Gasteiger partial charge in [0.1, 0.15) is 6.07 Å². The summed E-state index contributed by atoms with van der Waals surface area (Å²) >= 11 is 5.91. The van der Waals surface area contributed by atoms with Crippen molar-refractivity contribution in [1.82, 2.24) is 0 Å². The molecule has 1 rings (SSSR count). The Kier molecular flexibility index (Phi) is 4.29. The molecule has 0 aromatic heterocycles. The van der Waals surface area contributed by atoms with E-state index < -0.39 is 5.97 Å². The molecule has 0 saturated carbocycles. The molecule has 1 aromatic rings. The van der Waals surface area contributed by atoms with Gasteiger partial charge in [-0.25, -0.2) is 4.79 Å². The second-order valence-electron chi connectivity index (χ2n) is 3.03. The molecule has 0 saturated heterocycles. The second-order valence-corrected chi connectivity index (χ2v) is 3.41. The van der Waals surface area contributed by atoms with Gasteiger partial charge in [0, 0.05) is 6.54 Å². The molecule has 0 fully saturated rings. The number of halogens is 1. The zero-order valence-electron chi connectivity index (χ0n) is 8.79. The van der Waals surface area contributed by atoms with E-state index >= 15 is 0 Å². The molecule has 0 aliphatic rings. The van der Waals surface area contributed by atoms with E-state index in [0.717, 1.165) is 0 Å². The summed E-state index contributed by atoms with van der Waals surface area (Å²) < 4.78 is 4.83. The Morgan fingerprint density at radius 2 is 2.31 bits per heavy atom. The third-order valence-corrected chi connectivity index (χ3v) is 2.45. The maximum absolute atomic E-state index is 11.5. The fraction of sp³-hybridized carbons (Fsp3) is 0.273. The molecule has 0 amide bonds. The molecule has 2 N–H and O–H groups in total. The number of nitriles is 1. The number of nitrogens with two attached hydrogens (primary N) is 1. The number of benzene rings is 1. The number of carbonyl (C=O) groups excluding carboxylic acids is 1. The highest BCUT2D eigenvalue weighted by atomic mass is 35.5. The molecule has 0 spiro atoms. The molecule has 1 aromatic carbocycles. The summed E-state index contributed by atoms with van der Waals surface area (Å²) in [6.07, 6.45) is 0. The van der Waals surface area contributed by atoms with Crippen molar-refractivity contribution in [3.8, 4) is 6.07 Å². The monoisotopic (exact) mass is 238 g/mol. The summed E-state index contributed by atoms with van der Waals surface area (Å²) in [4.78, 5) is 11.5. The van der Waals surface area contributed by atoms with Crippen LogP contribution in [0.2, 0.25) is 5.02 Å². The van der Waals surface area contributed by atoms with E-state index in [-0.39, 0.29) is 23.7 Å². The quantitative estimate of drug-likeness (QED) is 0.816. The molecule has 0 aliphatic heterocycles. The van der Waals surface area contributed by atoms with Crippen LogP contribution in [-0.2, 0) is 11.3 Å². The first-order chi connectivity index (χ1) is 7.63. The summed E-state index contributed by atoms with van der Waals surface area (Å²) in [5, 5.41) is 9.14. The third-order valence-electron chi connectivity index (χ3n) is 2.00. The molecule has 84 valence electrons. The van der Waals surface area contributed by atoms with Crippen LogP contribution in [0.15, 0.2) is 12.1 Å². The van der Waals surface area contributed by atoms with Gasteiger partial charge in [-0.2, -0.15) is 5.26 Å². The lowest BCUT2D eigenvalue weighted by atomic mass is 10.1. The Hall–Kier alpha value is -1.57. The number of hydrogen-bond acceptors (Lipinski definition) is 4. The van der Waals surface area contributed by atoms with Crippen molar-refractivity contribution in [3.05, 3.63) is 33.8 Å². The summed E-state index contributed by atoms with van der Waals surface area (Å²) in [5.74, 6) is -0.481. The molecule has 0 aliphatic carbocycles. The van der Waals surface area contributed by atoms with Crippen molar-refractivity contribution in [2.24, 2.45) is 5.73 Å². The lowest BCUT2D eigenvalue weighted by molar-refractivity contribution is 0.0526. The topological polar surface area (TPSA) is 76.1 Å². The van der Waals surface area contributed by atoms with E-state index in [0.29, 0.717) is 11.1 Å². The van der Waals surface area contributed by atoms with Crippen molar-refractivity contribution in [3.63, 3.8) is 0 Å². The van der Waals surface area contributed by atoms with Gasteiger partial charge in [0.25, 0.3) is 0 Å². The van der Waals surface area contributed by atoms with E-state index in [9.17, 15) is 4.79 Å². The standard InChI is InChI=1S/C11H11ClN2O2/c1-2-16-11(15)7-3-8(5-13)10(12)9(4-7)6-14/h3-4H,2,5,13H2,1H3. The van der Waals surface area contributed by atoms with Crippen molar-refractivity contribution >= 4 is 17.6 Å². The summed E-state index contributed by atoms with van der Waals surface area (Å²) in [5.41, 5.74) is 6.55. The van der Waals surface area contributed by atoms with Gasteiger partial charge < -0.3 is 10.5 Å². The third kappa shape index (κ3) is 2.51. The fourth-order valence-electron chi connectivity index (χ4n) is 1.25. The van der Waals surface area contributed by atoms with Gasteiger partial charge in [-0.3, -0.25) is 0 Å². The Labute approximate surface area is 98.6 Å². The largest absolute Gasteiger partial charge is 0.462 e. The Bertz CT molecular complexity index is 452. The molecular weight excluding hydrogens is 228 g/mol. The van der Waals surface area contributed by atoms with Crippen LogP contribution in [0.1, 0.15) is 28.4 Å². The first-order valence-electron chi connectivity index (χ1n) is 4.73. The van der Waals surface area contributed by atoms with Gasteiger partial charge in [0.2, 0.25) is 0 Å². The van der Waals surface area contributed by atoms with Gasteiger partial charge in [0.15, 0.2) is 0 Å². The smallest absolute Gasteiger partial charge is 0.338 e. The van der Waals surface area contributed by atoms with Crippen LogP contribution in [0.3, 0.4) is 0 Å². The normalized spacial score (nSPS) is 9.62. The van der Waals surface area contributed by atoms with Crippen LogP contribution in [0.4, 0.5) is 0 Å². The van der Waals surface area contributed by atoms with E-state index in [4.69, 9.17) is 27.3 Å². The van der Waals surface area contributed by atoms with Crippen molar-refractivity contribution in [1.29, 1.82) is 5.26 Å². The molecule has 0 unspecified atom stereocenters. The van der Waals surface area contributed by atoms with Crippen molar-refractivity contribution < 1.29 is 9.53 Å². The minimum absolute atomic E-state index is 0.167. The number of carbonyl (C=O) groups is 1. The second kappa shape index (κ2) is 5.50. The number of rotatable bonds is 3. The van der Waals surface area contributed by atoms with Gasteiger partial charge in [-0.05, 0) is 24.6 Å². The summed E-state index contributed by atoms with van der Waals surface area (Å²) in [6.45, 7) is 2.16. The van der Waals surface area contributed by atoms with Gasteiger partial charge >= 0.3 is 5.97 Å². The van der Waals surface area contributed by atoms with E-state index in [1.807, 2.05) is 6.07 Å². The highest BCUT2D eigenvalue weighted by Gasteiger charge is 2.13. The van der Waals surface area contributed by atoms with E-state index in [1.54, 1.807) is 13.0 Å². The van der Waals surface area contributed by atoms with Crippen LogP contribution in [0.5, 0.6) is 0 Å². The van der Waals surface area contributed by atoms with Gasteiger partial charge in [-0.1, -0.05) is 11.6 Å². The Morgan fingerprint density at radius 3 is 2.81 bits per heavy atom. The number of ether oxygens (including phenoxy) is 1. The lowest BCUT2D eigenvalue weighted by Crippen LogP contribution is -2.08. The molecule has 4 nitrogen and oxygen atoms in total. The number of esters is 1.